The zero-order valence-electron chi connectivity index (χ0n) is 14.7. The summed E-state index contributed by atoms with van der Waals surface area (Å²) in [5, 5.41) is 3.13. The highest BCUT2D eigenvalue weighted by molar-refractivity contribution is 7.99. The summed E-state index contributed by atoms with van der Waals surface area (Å²) < 4.78 is 5.29. The summed E-state index contributed by atoms with van der Waals surface area (Å²) >= 11 is 1.63. The molecule has 1 N–H and O–H groups in total. The topological polar surface area (TPSA) is 41.6 Å². The minimum absolute atomic E-state index is 0.103. The van der Waals surface area contributed by atoms with Gasteiger partial charge in [-0.15, -0.1) is 0 Å². The fourth-order valence-electron chi connectivity index (χ4n) is 2.96. The molecule has 2 aromatic carbocycles. The zero-order valence-corrected chi connectivity index (χ0v) is 15.5. The van der Waals surface area contributed by atoms with Gasteiger partial charge in [0.1, 0.15) is 5.75 Å². The maximum absolute atomic E-state index is 12.6. The maximum Gasteiger partial charge on any atom is 0.227 e. The van der Waals surface area contributed by atoms with E-state index in [0.717, 1.165) is 47.2 Å². The van der Waals surface area contributed by atoms with Crippen LogP contribution in [0.1, 0.15) is 12.8 Å². The molecular formula is C20H24N2O2S. The van der Waals surface area contributed by atoms with Gasteiger partial charge in [0.2, 0.25) is 5.91 Å². The van der Waals surface area contributed by atoms with Gasteiger partial charge in [-0.3, -0.25) is 4.79 Å². The van der Waals surface area contributed by atoms with Crippen molar-refractivity contribution in [2.24, 2.45) is 5.92 Å². The van der Waals surface area contributed by atoms with Crippen molar-refractivity contribution in [3.05, 3.63) is 48.5 Å². The Kier molecular flexibility index (Phi) is 6.00. The van der Waals surface area contributed by atoms with Crippen LogP contribution in [0.5, 0.6) is 5.75 Å². The minimum Gasteiger partial charge on any atom is -0.497 e. The van der Waals surface area contributed by atoms with Crippen LogP contribution in [-0.4, -0.2) is 38.1 Å². The number of benzene rings is 2. The Bertz CT molecular complexity index is 727. The van der Waals surface area contributed by atoms with Gasteiger partial charge in [0.25, 0.3) is 0 Å². The predicted octanol–water partition coefficient (Wildman–Crippen LogP) is 4.13. The lowest BCUT2D eigenvalue weighted by atomic mass is 9.96. The third kappa shape index (κ3) is 4.77. The second kappa shape index (κ2) is 8.41. The highest BCUT2D eigenvalue weighted by Crippen LogP contribution is 2.35. The molecule has 1 amide bonds. The summed E-state index contributed by atoms with van der Waals surface area (Å²) in [5.41, 5.74) is 0.874. The molecule has 0 aliphatic carbocycles. The predicted molar refractivity (Wildman–Crippen MR) is 102 cm³/mol. The molecule has 0 bridgehead atoms. The van der Waals surface area contributed by atoms with E-state index in [0.29, 0.717) is 0 Å². The number of anilines is 1. The van der Waals surface area contributed by atoms with Gasteiger partial charge in [-0.1, -0.05) is 30.0 Å². The van der Waals surface area contributed by atoms with Crippen LogP contribution in [0.4, 0.5) is 5.69 Å². The molecule has 0 atom stereocenters. The Morgan fingerprint density at radius 3 is 2.68 bits per heavy atom. The molecule has 3 rings (SSSR count). The summed E-state index contributed by atoms with van der Waals surface area (Å²) in [6, 6.07) is 15.9. The summed E-state index contributed by atoms with van der Waals surface area (Å²) in [6.45, 7) is 1.97. The summed E-state index contributed by atoms with van der Waals surface area (Å²) in [4.78, 5) is 17.0. The molecule has 25 heavy (non-hydrogen) atoms. The van der Waals surface area contributed by atoms with Crippen LogP contribution in [0.25, 0.3) is 0 Å². The minimum atomic E-state index is 0.103. The molecule has 0 unspecified atom stereocenters. The number of methoxy groups -OCH3 is 1. The summed E-state index contributed by atoms with van der Waals surface area (Å²) in [7, 11) is 3.77. The first-order valence-corrected chi connectivity index (χ1v) is 9.37. The van der Waals surface area contributed by atoms with E-state index in [9.17, 15) is 4.79 Å². The Hall–Kier alpha value is -1.98. The second-order valence-electron chi connectivity index (χ2n) is 6.34. The van der Waals surface area contributed by atoms with Crippen molar-refractivity contribution >= 4 is 23.4 Å². The number of carbonyl (C=O) groups excluding carboxylic acids is 1. The van der Waals surface area contributed by atoms with Crippen molar-refractivity contribution in [3.63, 3.8) is 0 Å². The van der Waals surface area contributed by atoms with E-state index < -0.39 is 0 Å². The highest BCUT2D eigenvalue weighted by Gasteiger charge is 2.23. The van der Waals surface area contributed by atoms with Crippen LogP contribution in [0, 0.1) is 5.92 Å². The molecule has 0 spiro atoms. The highest BCUT2D eigenvalue weighted by atomic mass is 32.2. The summed E-state index contributed by atoms with van der Waals surface area (Å²) in [6.07, 6.45) is 1.85. The van der Waals surface area contributed by atoms with Crippen LogP contribution in [0.15, 0.2) is 58.3 Å². The van der Waals surface area contributed by atoms with Gasteiger partial charge in [0, 0.05) is 15.7 Å². The molecule has 1 aliphatic heterocycles. The number of likely N-dealkylation sites (tertiary alicyclic amines) is 1. The smallest absolute Gasteiger partial charge is 0.227 e. The molecule has 2 aromatic rings. The fourth-order valence-corrected chi connectivity index (χ4v) is 3.91. The molecule has 0 aromatic heterocycles. The first kappa shape index (κ1) is 17.8. The van der Waals surface area contributed by atoms with Crippen molar-refractivity contribution < 1.29 is 9.53 Å². The normalized spacial score (nSPS) is 15.8. The van der Waals surface area contributed by atoms with E-state index in [4.69, 9.17) is 4.74 Å². The van der Waals surface area contributed by atoms with Crippen molar-refractivity contribution in [1.82, 2.24) is 4.90 Å². The first-order chi connectivity index (χ1) is 12.2. The Morgan fingerprint density at radius 1 is 1.16 bits per heavy atom. The Morgan fingerprint density at radius 2 is 1.92 bits per heavy atom. The number of ether oxygens (including phenoxy) is 1. The van der Waals surface area contributed by atoms with Crippen molar-refractivity contribution in [1.29, 1.82) is 0 Å². The number of carbonyl (C=O) groups is 1. The van der Waals surface area contributed by atoms with E-state index >= 15 is 0 Å². The van der Waals surface area contributed by atoms with Gasteiger partial charge in [-0.2, -0.15) is 0 Å². The van der Waals surface area contributed by atoms with Crippen LogP contribution < -0.4 is 10.1 Å². The fraction of sp³-hybridized carbons (Fsp3) is 0.350. The van der Waals surface area contributed by atoms with Crippen molar-refractivity contribution in [3.8, 4) is 5.75 Å². The number of piperidine rings is 1. The zero-order chi connectivity index (χ0) is 17.6. The number of hydrogen-bond acceptors (Lipinski definition) is 4. The van der Waals surface area contributed by atoms with Crippen molar-refractivity contribution in [2.45, 2.75) is 22.6 Å². The van der Waals surface area contributed by atoms with Crippen LogP contribution in [-0.2, 0) is 4.79 Å². The SMILES string of the molecule is COc1cccc(Sc2ccccc2NC(=O)C2CCN(C)CC2)c1. The molecule has 4 nitrogen and oxygen atoms in total. The van der Waals surface area contributed by atoms with E-state index in [-0.39, 0.29) is 11.8 Å². The first-order valence-electron chi connectivity index (χ1n) is 8.56. The number of rotatable bonds is 5. The van der Waals surface area contributed by atoms with Gasteiger partial charge >= 0.3 is 0 Å². The molecule has 0 saturated carbocycles. The molecule has 0 radical (unpaired) electrons. The summed E-state index contributed by atoms with van der Waals surface area (Å²) in [5.74, 6) is 1.07. The maximum atomic E-state index is 12.6. The van der Waals surface area contributed by atoms with Crippen LogP contribution >= 0.6 is 11.8 Å². The van der Waals surface area contributed by atoms with Crippen LogP contribution in [0.3, 0.4) is 0 Å². The molecule has 1 heterocycles. The molecule has 1 saturated heterocycles. The third-order valence-electron chi connectivity index (χ3n) is 4.50. The Balaban J connectivity index is 1.71. The molecular weight excluding hydrogens is 332 g/mol. The lowest BCUT2D eigenvalue weighted by molar-refractivity contribution is -0.121. The average Bonchev–Trinajstić information content (AvgIpc) is 2.64. The number of nitrogens with zero attached hydrogens (tertiary/aromatic N) is 1. The van der Waals surface area contributed by atoms with E-state index in [1.807, 2.05) is 48.5 Å². The van der Waals surface area contributed by atoms with Crippen LogP contribution in [0.2, 0.25) is 0 Å². The van der Waals surface area contributed by atoms with Gasteiger partial charge in [-0.25, -0.2) is 0 Å². The van der Waals surface area contributed by atoms with E-state index in [2.05, 4.69) is 17.3 Å². The van der Waals surface area contributed by atoms with E-state index in [1.165, 1.54) is 0 Å². The second-order valence-corrected chi connectivity index (χ2v) is 7.46. The Labute approximate surface area is 153 Å². The number of nitrogens with one attached hydrogen (secondary N) is 1. The molecule has 5 heteroatoms. The molecule has 1 aliphatic rings. The lowest BCUT2D eigenvalue weighted by Crippen LogP contribution is -2.35. The van der Waals surface area contributed by atoms with Gasteiger partial charge in [0.15, 0.2) is 0 Å². The third-order valence-corrected chi connectivity index (χ3v) is 5.57. The molecule has 132 valence electrons. The van der Waals surface area contributed by atoms with E-state index in [1.54, 1.807) is 18.9 Å². The largest absolute Gasteiger partial charge is 0.497 e. The van der Waals surface area contributed by atoms with Gasteiger partial charge in [-0.05, 0) is 63.3 Å². The standard InChI is InChI=1S/C20H24N2O2S/c1-22-12-10-15(11-13-22)20(23)21-18-8-3-4-9-19(18)25-17-7-5-6-16(14-17)24-2/h3-9,14-15H,10-13H2,1-2H3,(H,21,23). The average molecular weight is 356 g/mol. The van der Waals surface area contributed by atoms with Crippen molar-refractivity contribution in [2.75, 3.05) is 32.6 Å². The van der Waals surface area contributed by atoms with Gasteiger partial charge in [0.05, 0.1) is 12.8 Å². The van der Waals surface area contributed by atoms with Gasteiger partial charge < -0.3 is 15.0 Å². The number of amides is 1. The number of para-hydroxylation sites is 1. The monoisotopic (exact) mass is 356 g/mol. The lowest BCUT2D eigenvalue weighted by Gasteiger charge is -2.28. The molecule has 1 fully saturated rings. The quantitative estimate of drug-likeness (QED) is 0.875. The number of hydrogen-bond donors (Lipinski definition) is 1.